The average molecular weight is 564 g/mol. The van der Waals surface area contributed by atoms with E-state index in [0.717, 1.165) is 36.3 Å². The lowest BCUT2D eigenvalue weighted by atomic mass is 9.91. The maximum Gasteiger partial charge on any atom is 0.338 e. The third kappa shape index (κ3) is 5.88. The summed E-state index contributed by atoms with van der Waals surface area (Å²) < 4.78 is 22.4. The van der Waals surface area contributed by atoms with Crippen LogP contribution in [0, 0.1) is 0 Å². The lowest BCUT2D eigenvalue weighted by molar-refractivity contribution is -0.139. The van der Waals surface area contributed by atoms with Crippen molar-refractivity contribution in [2.24, 2.45) is 4.99 Å². The molecule has 0 saturated carbocycles. The first-order valence-corrected chi connectivity index (χ1v) is 14.2. The molecule has 210 valence electrons. The second-order valence-corrected chi connectivity index (χ2v) is 10.3. The summed E-state index contributed by atoms with van der Waals surface area (Å²) in [7, 11) is 3.17. The number of aliphatic imine (C=N–C) groups is 1. The van der Waals surface area contributed by atoms with E-state index < -0.39 is 12.0 Å². The number of amidine groups is 1. The number of ether oxygens (including phenoxy) is 4. The Morgan fingerprint density at radius 1 is 1.12 bits per heavy atom. The van der Waals surface area contributed by atoms with Crippen LogP contribution in [0.5, 0.6) is 11.5 Å². The number of methoxy groups -OCH3 is 2. The monoisotopic (exact) mass is 563 g/mol. The van der Waals surface area contributed by atoms with Crippen molar-refractivity contribution < 1.29 is 28.5 Å². The predicted octanol–water partition coefficient (Wildman–Crippen LogP) is 4.66. The number of carbonyl (C=O) groups excluding carboxylic acids is 2. The van der Waals surface area contributed by atoms with Gasteiger partial charge in [-0.1, -0.05) is 42.1 Å². The Morgan fingerprint density at radius 2 is 1.88 bits per heavy atom. The molecular weight excluding hydrogens is 530 g/mol. The SMILES string of the molecule is CCOC(=O)C1=C(c2ccccc2)N=C2SC=C(CC(=O)NC[C@H]3CCCO3)N2[C@H]1c1cc(OC)cc(OC)c1. The molecule has 1 saturated heterocycles. The second-order valence-electron chi connectivity index (χ2n) is 9.50. The van der Waals surface area contributed by atoms with E-state index >= 15 is 0 Å². The molecule has 5 rings (SSSR count). The van der Waals surface area contributed by atoms with Gasteiger partial charge in [0.05, 0.1) is 50.7 Å². The zero-order chi connectivity index (χ0) is 28.1. The lowest BCUT2D eigenvalue weighted by Crippen LogP contribution is -2.39. The number of esters is 1. The predicted molar refractivity (Wildman–Crippen MR) is 154 cm³/mol. The van der Waals surface area contributed by atoms with Crippen LogP contribution in [-0.2, 0) is 19.1 Å². The number of amides is 1. The zero-order valence-corrected chi connectivity index (χ0v) is 23.7. The van der Waals surface area contributed by atoms with Gasteiger partial charge in [0.15, 0.2) is 5.17 Å². The van der Waals surface area contributed by atoms with Crippen molar-refractivity contribution in [3.63, 3.8) is 0 Å². The minimum absolute atomic E-state index is 0.0479. The Hall–Kier alpha value is -3.76. The Balaban J connectivity index is 1.58. The van der Waals surface area contributed by atoms with E-state index in [9.17, 15) is 9.59 Å². The highest BCUT2D eigenvalue weighted by Crippen LogP contribution is 2.48. The molecule has 3 heterocycles. The van der Waals surface area contributed by atoms with Crippen molar-refractivity contribution in [2.75, 3.05) is 34.0 Å². The minimum atomic E-state index is -0.641. The second kappa shape index (κ2) is 12.6. The van der Waals surface area contributed by atoms with E-state index in [1.165, 1.54) is 11.8 Å². The maximum absolute atomic E-state index is 13.7. The summed E-state index contributed by atoms with van der Waals surface area (Å²) in [5.74, 6) is 0.556. The van der Waals surface area contributed by atoms with Crippen LogP contribution in [0.25, 0.3) is 5.70 Å². The van der Waals surface area contributed by atoms with Gasteiger partial charge in [-0.25, -0.2) is 9.79 Å². The summed E-state index contributed by atoms with van der Waals surface area (Å²) in [6.45, 7) is 3.19. The molecule has 0 aromatic heterocycles. The van der Waals surface area contributed by atoms with Crippen LogP contribution >= 0.6 is 11.8 Å². The number of nitrogens with one attached hydrogen (secondary N) is 1. The number of nitrogens with zero attached hydrogens (tertiary/aromatic N) is 2. The number of hydrogen-bond acceptors (Lipinski definition) is 9. The van der Waals surface area contributed by atoms with Gasteiger partial charge in [0, 0.05) is 30.5 Å². The van der Waals surface area contributed by atoms with E-state index in [-0.39, 0.29) is 25.0 Å². The number of carbonyl (C=O) groups is 2. The fraction of sp³-hybridized carbons (Fsp3) is 0.367. The minimum Gasteiger partial charge on any atom is -0.497 e. The summed E-state index contributed by atoms with van der Waals surface area (Å²) in [5, 5.41) is 5.59. The molecule has 2 aromatic carbocycles. The molecule has 3 aliphatic rings. The van der Waals surface area contributed by atoms with Gasteiger partial charge in [-0.05, 0) is 42.9 Å². The van der Waals surface area contributed by atoms with Gasteiger partial charge in [0.2, 0.25) is 5.91 Å². The van der Waals surface area contributed by atoms with Crippen molar-refractivity contribution in [1.82, 2.24) is 10.2 Å². The van der Waals surface area contributed by atoms with E-state index in [1.807, 2.05) is 52.8 Å². The van der Waals surface area contributed by atoms with Crippen molar-refractivity contribution in [3.8, 4) is 11.5 Å². The van der Waals surface area contributed by atoms with Crippen LogP contribution in [0.2, 0.25) is 0 Å². The third-order valence-electron chi connectivity index (χ3n) is 6.93. The summed E-state index contributed by atoms with van der Waals surface area (Å²) in [6, 6.07) is 14.5. The zero-order valence-electron chi connectivity index (χ0n) is 22.8. The molecule has 10 heteroatoms. The smallest absolute Gasteiger partial charge is 0.338 e. The maximum atomic E-state index is 13.7. The molecular formula is C30H33N3O6S. The highest BCUT2D eigenvalue weighted by molar-refractivity contribution is 8.16. The first-order valence-electron chi connectivity index (χ1n) is 13.3. The quantitative estimate of drug-likeness (QED) is 0.417. The van der Waals surface area contributed by atoms with Gasteiger partial charge in [-0.3, -0.25) is 4.79 Å². The fourth-order valence-corrected chi connectivity index (χ4v) is 5.97. The molecule has 0 unspecified atom stereocenters. The van der Waals surface area contributed by atoms with Crippen LogP contribution in [0.1, 0.15) is 43.4 Å². The van der Waals surface area contributed by atoms with Crippen molar-refractivity contribution in [1.29, 1.82) is 0 Å². The summed E-state index contributed by atoms with van der Waals surface area (Å²) in [6.07, 6.45) is 2.12. The molecule has 2 atom stereocenters. The van der Waals surface area contributed by atoms with Crippen molar-refractivity contribution in [3.05, 3.63) is 76.3 Å². The van der Waals surface area contributed by atoms with E-state index in [1.54, 1.807) is 27.2 Å². The first kappa shape index (κ1) is 27.8. The highest BCUT2D eigenvalue weighted by atomic mass is 32.2. The fourth-order valence-electron chi connectivity index (χ4n) is 5.05. The topological polar surface area (TPSA) is 98.7 Å². The molecule has 0 aliphatic carbocycles. The molecule has 2 aromatic rings. The molecule has 0 spiro atoms. The largest absolute Gasteiger partial charge is 0.497 e. The normalized spacial score (nSPS) is 20.0. The molecule has 1 amide bonds. The summed E-state index contributed by atoms with van der Waals surface area (Å²) in [4.78, 5) is 33.6. The van der Waals surface area contributed by atoms with E-state index in [2.05, 4.69) is 5.32 Å². The number of hydrogen-bond donors (Lipinski definition) is 1. The van der Waals surface area contributed by atoms with Crippen LogP contribution in [0.15, 0.2) is 70.2 Å². The molecule has 0 radical (unpaired) electrons. The molecule has 0 bridgehead atoms. The van der Waals surface area contributed by atoms with E-state index in [0.29, 0.717) is 34.5 Å². The van der Waals surface area contributed by atoms with Crippen LogP contribution in [-0.4, -0.2) is 62.0 Å². The summed E-state index contributed by atoms with van der Waals surface area (Å²) in [5.41, 5.74) is 3.17. The third-order valence-corrected chi connectivity index (χ3v) is 7.82. The number of benzene rings is 2. The summed E-state index contributed by atoms with van der Waals surface area (Å²) >= 11 is 1.42. The average Bonchev–Trinajstić information content (AvgIpc) is 3.65. The number of fused-ring (bicyclic) bond motifs is 1. The van der Waals surface area contributed by atoms with Gasteiger partial charge in [0.1, 0.15) is 11.5 Å². The van der Waals surface area contributed by atoms with Gasteiger partial charge in [-0.2, -0.15) is 0 Å². The Kier molecular flexibility index (Phi) is 8.76. The standard InChI is InChI=1S/C30H33N3O6S/c1-4-38-29(35)26-27(19-9-6-5-7-10-19)32-30-33(28(26)20-13-23(36-2)16-24(14-20)37-3)21(18-40-30)15-25(34)31-17-22-11-8-12-39-22/h5-7,9-10,13-14,16,18,22,28H,4,8,11-12,15,17H2,1-3H3,(H,31,34)/t22-,28+/m1/s1. The van der Waals surface area contributed by atoms with E-state index in [4.69, 9.17) is 23.9 Å². The van der Waals surface area contributed by atoms with Crippen LogP contribution in [0.4, 0.5) is 0 Å². The van der Waals surface area contributed by atoms with Crippen molar-refractivity contribution in [2.45, 2.75) is 38.3 Å². The van der Waals surface area contributed by atoms with Crippen LogP contribution < -0.4 is 14.8 Å². The van der Waals surface area contributed by atoms with Gasteiger partial charge in [-0.15, -0.1) is 0 Å². The molecule has 9 nitrogen and oxygen atoms in total. The Morgan fingerprint density at radius 3 is 2.52 bits per heavy atom. The molecule has 1 N–H and O–H groups in total. The van der Waals surface area contributed by atoms with Crippen molar-refractivity contribution >= 4 is 34.5 Å². The number of thioether (sulfide) groups is 1. The van der Waals surface area contributed by atoms with Crippen LogP contribution in [0.3, 0.4) is 0 Å². The molecule has 3 aliphatic heterocycles. The first-order chi connectivity index (χ1) is 19.5. The molecule has 1 fully saturated rings. The van der Waals surface area contributed by atoms with Gasteiger partial charge in [0.25, 0.3) is 0 Å². The lowest BCUT2D eigenvalue weighted by Gasteiger charge is -2.37. The number of rotatable bonds is 10. The Labute approximate surface area is 238 Å². The molecule has 40 heavy (non-hydrogen) atoms. The highest BCUT2D eigenvalue weighted by Gasteiger charge is 2.42. The Bertz CT molecular complexity index is 1330. The van der Waals surface area contributed by atoms with Gasteiger partial charge < -0.3 is 29.2 Å². The van der Waals surface area contributed by atoms with Gasteiger partial charge >= 0.3 is 5.97 Å².